The Morgan fingerprint density at radius 3 is 2.34 bits per heavy atom. The molecule has 8 heteroatoms. The lowest BCUT2D eigenvalue weighted by molar-refractivity contribution is 0.402. The van der Waals surface area contributed by atoms with Crippen LogP contribution in [0.5, 0.6) is 0 Å². The van der Waals surface area contributed by atoms with Gasteiger partial charge >= 0.3 is 0 Å². The van der Waals surface area contributed by atoms with Crippen LogP contribution in [-0.2, 0) is 16.3 Å². The first-order valence-electron chi connectivity index (χ1n) is 12.6. The highest BCUT2D eigenvalue weighted by Gasteiger charge is 2.27. The van der Waals surface area contributed by atoms with Gasteiger partial charge in [0, 0.05) is 19.3 Å². The molecule has 0 unspecified atom stereocenters. The Morgan fingerprint density at radius 2 is 1.68 bits per heavy atom. The average Bonchev–Trinajstić information content (AvgIpc) is 2.94. The number of nitriles is 1. The molecule has 0 N–H and O–H groups in total. The van der Waals surface area contributed by atoms with Crippen LogP contribution < -0.4 is 10.5 Å². The number of nitrogens with zero attached hydrogens (tertiary/aromatic N) is 4. The van der Waals surface area contributed by atoms with Gasteiger partial charge in [0.15, 0.2) is 0 Å². The maximum Gasteiger partial charge on any atom is 0.267 e. The Labute approximate surface area is 222 Å². The topological polar surface area (TPSA) is 95.5 Å². The van der Waals surface area contributed by atoms with Crippen molar-refractivity contribution >= 4 is 27.4 Å². The number of piperidine rings is 1. The van der Waals surface area contributed by atoms with Gasteiger partial charge in [-0.2, -0.15) is 5.26 Å². The molecule has 1 aliphatic rings. The lowest BCUT2D eigenvalue weighted by atomic mass is 9.90. The molecule has 192 valence electrons. The van der Waals surface area contributed by atoms with Crippen LogP contribution in [0.2, 0.25) is 0 Å². The van der Waals surface area contributed by atoms with Crippen LogP contribution in [0.4, 0.5) is 5.82 Å². The maximum atomic E-state index is 13.7. The number of allylic oxidation sites excluding steroid dienone is 1. The highest BCUT2D eigenvalue weighted by Crippen LogP contribution is 2.29. The van der Waals surface area contributed by atoms with Gasteiger partial charge in [-0.25, -0.2) is 13.4 Å². The number of benzene rings is 2. The molecule has 1 aliphatic heterocycles. The quantitative estimate of drug-likeness (QED) is 0.336. The molecule has 7 nitrogen and oxygen atoms in total. The van der Waals surface area contributed by atoms with E-state index in [2.05, 4.69) is 12.1 Å². The van der Waals surface area contributed by atoms with Crippen molar-refractivity contribution in [1.82, 2.24) is 9.38 Å². The van der Waals surface area contributed by atoms with Gasteiger partial charge in [-0.15, -0.1) is 0 Å². The first kappa shape index (κ1) is 25.4. The minimum atomic E-state index is -4.11. The maximum absolute atomic E-state index is 13.7. The van der Waals surface area contributed by atoms with Gasteiger partial charge in [-0.05, 0) is 67.5 Å². The summed E-state index contributed by atoms with van der Waals surface area (Å²) in [6.45, 7) is 3.24. The molecular formula is C30H28N4O3S. The van der Waals surface area contributed by atoms with E-state index in [0.29, 0.717) is 30.5 Å². The van der Waals surface area contributed by atoms with Gasteiger partial charge in [-0.1, -0.05) is 54.6 Å². The number of aromatic nitrogens is 2. The highest BCUT2D eigenvalue weighted by atomic mass is 32.2. The van der Waals surface area contributed by atoms with Crippen LogP contribution >= 0.6 is 0 Å². The van der Waals surface area contributed by atoms with Crippen LogP contribution in [0, 0.1) is 24.2 Å². The van der Waals surface area contributed by atoms with E-state index in [1.165, 1.54) is 28.2 Å². The van der Waals surface area contributed by atoms with Crippen molar-refractivity contribution in [3.05, 3.63) is 111 Å². The van der Waals surface area contributed by atoms with E-state index in [4.69, 9.17) is 4.98 Å². The van der Waals surface area contributed by atoms with Crippen LogP contribution in [-0.4, -0.2) is 30.9 Å². The first-order chi connectivity index (χ1) is 18.4. The van der Waals surface area contributed by atoms with Crippen molar-refractivity contribution in [1.29, 1.82) is 5.26 Å². The monoisotopic (exact) mass is 524 g/mol. The van der Waals surface area contributed by atoms with Crippen molar-refractivity contribution < 1.29 is 8.42 Å². The molecular weight excluding hydrogens is 496 g/mol. The number of sulfone groups is 1. The third-order valence-electron chi connectivity index (χ3n) is 7.07. The average molecular weight is 525 g/mol. The fraction of sp³-hybridized carbons (Fsp3) is 0.233. The van der Waals surface area contributed by atoms with E-state index >= 15 is 0 Å². The summed E-state index contributed by atoms with van der Waals surface area (Å²) in [6, 6.07) is 23.6. The molecule has 4 aromatic rings. The molecule has 0 radical (unpaired) electrons. The lowest BCUT2D eigenvalue weighted by Crippen LogP contribution is -2.37. The minimum absolute atomic E-state index is 0.000714. The normalized spacial score (nSPS) is 14.9. The molecule has 2 aromatic heterocycles. The molecule has 1 fully saturated rings. The number of anilines is 1. The molecule has 0 spiro atoms. The van der Waals surface area contributed by atoms with E-state index in [0.717, 1.165) is 24.8 Å². The van der Waals surface area contributed by atoms with Gasteiger partial charge < -0.3 is 4.90 Å². The molecule has 0 amide bonds. The number of rotatable bonds is 6. The summed E-state index contributed by atoms with van der Waals surface area (Å²) in [5.41, 5.74) is 2.34. The Balaban J connectivity index is 1.56. The second-order valence-corrected chi connectivity index (χ2v) is 11.5. The Bertz CT molecular complexity index is 1700. The van der Waals surface area contributed by atoms with Crippen LogP contribution in [0.3, 0.4) is 0 Å². The standard InChI is InChI=1S/C30H28N4O3S/c1-22-9-8-16-34-28(22)32-29(33-17-14-24(15-18-33)19-23-10-4-2-5-11-23)27(30(34)35)20-26(21-31)38(36,37)25-12-6-3-7-13-25/h2-13,16,20,24H,14-15,17-19H2,1H3/b26-20+. The molecule has 1 saturated heterocycles. The Kier molecular flexibility index (Phi) is 7.12. The second-order valence-electron chi connectivity index (χ2n) is 9.60. The minimum Gasteiger partial charge on any atom is -0.356 e. The predicted molar refractivity (Wildman–Crippen MR) is 148 cm³/mol. The summed E-state index contributed by atoms with van der Waals surface area (Å²) in [4.78, 5) is 20.1. The Hall–Kier alpha value is -4.22. The first-order valence-corrected chi connectivity index (χ1v) is 14.1. The Morgan fingerprint density at radius 1 is 1.03 bits per heavy atom. The fourth-order valence-corrected chi connectivity index (χ4v) is 6.15. The van der Waals surface area contributed by atoms with Crippen LogP contribution in [0.1, 0.15) is 29.5 Å². The van der Waals surface area contributed by atoms with Gasteiger partial charge in [0.2, 0.25) is 9.84 Å². The molecule has 5 rings (SSSR count). The smallest absolute Gasteiger partial charge is 0.267 e. The van der Waals surface area contributed by atoms with Crippen molar-refractivity contribution in [2.75, 3.05) is 18.0 Å². The summed E-state index contributed by atoms with van der Waals surface area (Å²) in [5.74, 6) is 0.919. The summed E-state index contributed by atoms with van der Waals surface area (Å²) in [5, 5.41) is 9.87. The van der Waals surface area contributed by atoms with Gasteiger partial charge in [0.05, 0.1) is 10.5 Å². The fourth-order valence-electron chi connectivity index (χ4n) is 4.99. The zero-order valence-corrected chi connectivity index (χ0v) is 21.9. The number of fused-ring (bicyclic) bond motifs is 1. The third-order valence-corrected chi connectivity index (χ3v) is 8.76. The molecule has 0 bridgehead atoms. The van der Waals surface area contributed by atoms with Crippen LogP contribution in [0.25, 0.3) is 11.7 Å². The molecule has 0 atom stereocenters. The number of pyridine rings is 1. The molecule has 0 aliphatic carbocycles. The van der Waals surface area contributed by atoms with Crippen molar-refractivity contribution in [3.63, 3.8) is 0 Å². The second kappa shape index (κ2) is 10.6. The molecule has 2 aromatic carbocycles. The van der Waals surface area contributed by atoms with E-state index in [9.17, 15) is 18.5 Å². The molecule has 38 heavy (non-hydrogen) atoms. The van der Waals surface area contributed by atoms with Crippen molar-refractivity contribution in [3.8, 4) is 6.07 Å². The van der Waals surface area contributed by atoms with Crippen LogP contribution in [0.15, 0.2) is 93.6 Å². The van der Waals surface area contributed by atoms with E-state index in [1.807, 2.05) is 42.2 Å². The molecule has 0 saturated carbocycles. The summed E-state index contributed by atoms with van der Waals surface area (Å²) in [7, 11) is -4.11. The van der Waals surface area contributed by atoms with Crippen molar-refractivity contribution in [2.24, 2.45) is 5.92 Å². The summed E-state index contributed by atoms with van der Waals surface area (Å²) >= 11 is 0. The lowest BCUT2D eigenvalue weighted by Gasteiger charge is -2.33. The van der Waals surface area contributed by atoms with Gasteiger partial charge in [0.25, 0.3) is 5.56 Å². The van der Waals surface area contributed by atoms with Crippen molar-refractivity contribution in [2.45, 2.75) is 31.1 Å². The zero-order valence-electron chi connectivity index (χ0n) is 21.1. The SMILES string of the molecule is Cc1cccn2c(=O)c(/C=C(\C#N)S(=O)(=O)c3ccccc3)c(N3CCC(Cc4ccccc4)CC3)nc12. The predicted octanol–water partition coefficient (Wildman–Crippen LogP) is 4.80. The molecule has 3 heterocycles. The van der Waals surface area contributed by atoms with E-state index < -0.39 is 20.3 Å². The number of hydrogen-bond donors (Lipinski definition) is 0. The van der Waals surface area contributed by atoms with Gasteiger partial charge in [-0.3, -0.25) is 9.20 Å². The summed E-state index contributed by atoms with van der Waals surface area (Å²) in [6.07, 6.45) is 5.63. The highest BCUT2D eigenvalue weighted by molar-refractivity contribution is 7.95. The number of hydrogen-bond acceptors (Lipinski definition) is 6. The van der Waals surface area contributed by atoms with E-state index in [-0.39, 0.29) is 10.5 Å². The largest absolute Gasteiger partial charge is 0.356 e. The summed E-state index contributed by atoms with van der Waals surface area (Å²) < 4.78 is 27.9. The third kappa shape index (κ3) is 4.98. The van der Waals surface area contributed by atoms with Gasteiger partial charge in [0.1, 0.15) is 22.4 Å². The van der Waals surface area contributed by atoms with E-state index in [1.54, 1.807) is 30.5 Å². The zero-order chi connectivity index (χ0) is 26.7. The number of aryl methyl sites for hydroxylation is 1.